The van der Waals surface area contributed by atoms with E-state index >= 15 is 0 Å². The average Bonchev–Trinajstić information content (AvgIpc) is 3.25. The first-order valence-corrected chi connectivity index (χ1v) is 10.7. The zero-order valence-electron chi connectivity index (χ0n) is 18.3. The van der Waals surface area contributed by atoms with Crippen LogP contribution >= 0.6 is 0 Å². The molecule has 1 fully saturated rings. The molecule has 0 saturated carbocycles. The molecule has 1 saturated heterocycles. The van der Waals surface area contributed by atoms with Crippen molar-refractivity contribution in [3.8, 4) is 5.75 Å². The predicted molar refractivity (Wildman–Crippen MR) is 119 cm³/mol. The number of hydrogen-bond donors (Lipinski definition) is 0. The predicted octanol–water partition coefficient (Wildman–Crippen LogP) is 2.68. The van der Waals surface area contributed by atoms with Crippen LogP contribution in [0.4, 0.5) is 4.39 Å². The largest absolute Gasteiger partial charge is 0.497 e. The summed E-state index contributed by atoms with van der Waals surface area (Å²) in [7, 11) is 1.61. The van der Waals surface area contributed by atoms with Crippen LogP contribution in [-0.4, -0.2) is 72.2 Å². The third-order valence-electron chi connectivity index (χ3n) is 6.02. The molecule has 32 heavy (non-hydrogen) atoms. The normalized spacial score (nSPS) is 19.1. The highest BCUT2D eigenvalue weighted by atomic mass is 19.1. The number of piperazine rings is 1. The van der Waals surface area contributed by atoms with Crippen LogP contribution in [0.15, 0.2) is 53.6 Å². The standard InChI is InChI=1S/C24H27FN4O3/c1-17(30)28-13-11-27(12-14-28)16-24(31)29-23(19-3-7-20(25)8-4-19)15-22(26-29)18-5-9-21(32-2)10-6-18/h3-10,23H,11-16H2,1-2H3/t23-/m0/s1. The molecule has 7 nitrogen and oxygen atoms in total. The molecule has 0 bridgehead atoms. The van der Waals surface area contributed by atoms with E-state index in [1.54, 1.807) is 31.1 Å². The highest BCUT2D eigenvalue weighted by Crippen LogP contribution is 2.33. The van der Waals surface area contributed by atoms with Crippen LogP contribution < -0.4 is 4.74 Å². The summed E-state index contributed by atoms with van der Waals surface area (Å²) in [5.41, 5.74) is 2.56. The van der Waals surface area contributed by atoms with E-state index in [0.29, 0.717) is 32.6 Å². The number of halogens is 1. The summed E-state index contributed by atoms with van der Waals surface area (Å²) < 4.78 is 18.7. The highest BCUT2D eigenvalue weighted by Gasteiger charge is 2.34. The number of carbonyl (C=O) groups is 2. The van der Waals surface area contributed by atoms with E-state index in [1.807, 2.05) is 29.2 Å². The summed E-state index contributed by atoms with van der Waals surface area (Å²) in [6.07, 6.45) is 0.543. The Balaban J connectivity index is 1.53. The Bertz CT molecular complexity index is 999. The van der Waals surface area contributed by atoms with E-state index in [0.717, 1.165) is 22.6 Å². The van der Waals surface area contributed by atoms with Gasteiger partial charge in [0.1, 0.15) is 11.6 Å². The van der Waals surface area contributed by atoms with Crippen molar-refractivity contribution < 1.29 is 18.7 Å². The second-order valence-corrected chi connectivity index (χ2v) is 8.07. The van der Waals surface area contributed by atoms with Gasteiger partial charge in [0.25, 0.3) is 5.91 Å². The first-order chi connectivity index (χ1) is 15.4. The fraction of sp³-hybridized carbons (Fsp3) is 0.375. The first kappa shape index (κ1) is 22.0. The SMILES string of the molecule is COc1ccc(C2=NN(C(=O)CN3CCN(C(C)=O)CC3)[C@H](c3ccc(F)cc3)C2)cc1. The minimum Gasteiger partial charge on any atom is -0.497 e. The lowest BCUT2D eigenvalue weighted by Gasteiger charge is -2.34. The van der Waals surface area contributed by atoms with Crippen LogP contribution in [0.25, 0.3) is 0 Å². The number of ether oxygens (including phenoxy) is 1. The van der Waals surface area contributed by atoms with Gasteiger partial charge in [-0.3, -0.25) is 14.5 Å². The van der Waals surface area contributed by atoms with Crippen LogP contribution in [0.2, 0.25) is 0 Å². The molecule has 0 aliphatic carbocycles. The monoisotopic (exact) mass is 438 g/mol. The summed E-state index contributed by atoms with van der Waals surface area (Å²) >= 11 is 0. The molecule has 0 aromatic heterocycles. The zero-order chi connectivity index (χ0) is 22.7. The molecule has 0 spiro atoms. The Morgan fingerprint density at radius 1 is 1.03 bits per heavy atom. The minimum absolute atomic E-state index is 0.0561. The third-order valence-corrected chi connectivity index (χ3v) is 6.02. The van der Waals surface area contributed by atoms with E-state index in [9.17, 15) is 14.0 Å². The Morgan fingerprint density at radius 2 is 1.69 bits per heavy atom. The van der Waals surface area contributed by atoms with Crippen molar-refractivity contribution in [2.24, 2.45) is 5.10 Å². The Kier molecular flexibility index (Phi) is 6.50. The molecule has 2 aliphatic rings. The number of nitrogens with zero attached hydrogens (tertiary/aromatic N) is 4. The zero-order valence-corrected chi connectivity index (χ0v) is 18.3. The molecule has 2 aromatic carbocycles. The molecule has 8 heteroatoms. The third kappa shape index (κ3) is 4.80. The van der Waals surface area contributed by atoms with Crippen LogP contribution in [0, 0.1) is 5.82 Å². The van der Waals surface area contributed by atoms with Gasteiger partial charge < -0.3 is 9.64 Å². The van der Waals surface area contributed by atoms with Crippen LogP contribution in [0.1, 0.15) is 30.5 Å². The van der Waals surface area contributed by atoms with E-state index in [4.69, 9.17) is 4.74 Å². The van der Waals surface area contributed by atoms with Crippen LogP contribution in [0.5, 0.6) is 5.75 Å². The Labute approximate surface area is 187 Å². The van der Waals surface area contributed by atoms with Crippen molar-refractivity contribution in [2.75, 3.05) is 39.8 Å². The van der Waals surface area contributed by atoms with Crippen molar-refractivity contribution >= 4 is 17.5 Å². The fourth-order valence-corrected chi connectivity index (χ4v) is 4.13. The quantitative estimate of drug-likeness (QED) is 0.720. The lowest BCUT2D eigenvalue weighted by Crippen LogP contribution is -2.50. The van der Waals surface area contributed by atoms with Crippen LogP contribution in [0.3, 0.4) is 0 Å². The van der Waals surface area contributed by atoms with E-state index in [1.165, 1.54) is 17.1 Å². The lowest BCUT2D eigenvalue weighted by molar-refractivity contribution is -0.135. The fourth-order valence-electron chi connectivity index (χ4n) is 4.13. The molecule has 0 radical (unpaired) electrons. The summed E-state index contributed by atoms with van der Waals surface area (Å²) in [6, 6.07) is 13.5. The minimum atomic E-state index is -0.315. The van der Waals surface area contributed by atoms with Gasteiger partial charge in [0.2, 0.25) is 5.91 Å². The lowest BCUT2D eigenvalue weighted by atomic mass is 9.98. The number of amides is 2. The van der Waals surface area contributed by atoms with Gasteiger partial charge in [-0.2, -0.15) is 5.10 Å². The van der Waals surface area contributed by atoms with Gasteiger partial charge in [-0.15, -0.1) is 0 Å². The van der Waals surface area contributed by atoms with Crippen LogP contribution in [-0.2, 0) is 9.59 Å². The molecular weight excluding hydrogens is 411 g/mol. The maximum absolute atomic E-state index is 13.5. The molecule has 0 N–H and O–H groups in total. The van der Waals surface area contributed by atoms with Gasteiger partial charge in [-0.05, 0) is 47.5 Å². The van der Waals surface area contributed by atoms with E-state index < -0.39 is 0 Å². The first-order valence-electron chi connectivity index (χ1n) is 10.7. The van der Waals surface area contributed by atoms with Gasteiger partial charge in [0, 0.05) is 39.5 Å². The maximum Gasteiger partial charge on any atom is 0.257 e. The maximum atomic E-state index is 13.5. The average molecular weight is 439 g/mol. The summed E-state index contributed by atoms with van der Waals surface area (Å²) in [4.78, 5) is 28.6. The number of carbonyl (C=O) groups excluding carboxylic acids is 2. The second kappa shape index (κ2) is 9.48. The highest BCUT2D eigenvalue weighted by molar-refractivity contribution is 6.03. The smallest absolute Gasteiger partial charge is 0.257 e. The van der Waals surface area contributed by atoms with Crippen molar-refractivity contribution in [2.45, 2.75) is 19.4 Å². The van der Waals surface area contributed by atoms with Gasteiger partial charge in [0.05, 0.1) is 25.4 Å². The molecule has 1 atom stereocenters. The molecular formula is C24H27FN4O3. The molecule has 168 valence electrons. The number of rotatable bonds is 5. The van der Waals surface area contributed by atoms with Crippen molar-refractivity contribution in [1.82, 2.24) is 14.8 Å². The van der Waals surface area contributed by atoms with Gasteiger partial charge in [0.15, 0.2) is 0 Å². The molecule has 2 heterocycles. The molecule has 2 amide bonds. The van der Waals surface area contributed by atoms with E-state index in [-0.39, 0.29) is 30.2 Å². The molecule has 4 rings (SSSR count). The molecule has 2 aliphatic heterocycles. The molecule has 2 aromatic rings. The number of methoxy groups -OCH3 is 1. The van der Waals surface area contributed by atoms with Crippen molar-refractivity contribution in [3.63, 3.8) is 0 Å². The number of hydrogen-bond acceptors (Lipinski definition) is 5. The Hall–Kier alpha value is -3.26. The summed E-state index contributed by atoms with van der Waals surface area (Å²) in [5.74, 6) is 0.379. The van der Waals surface area contributed by atoms with Crippen molar-refractivity contribution in [1.29, 1.82) is 0 Å². The van der Waals surface area contributed by atoms with Gasteiger partial charge >= 0.3 is 0 Å². The Morgan fingerprint density at radius 3 is 2.28 bits per heavy atom. The number of benzene rings is 2. The summed E-state index contributed by atoms with van der Waals surface area (Å²) in [5, 5.41) is 6.21. The van der Waals surface area contributed by atoms with Crippen molar-refractivity contribution in [3.05, 3.63) is 65.5 Å². The van der Waals surface area contributed by atoms with E-state index in [2.05, 4.69) is 5.10 Å². The van der Waals surface area contributed by atoms with Gasteiger partial charge in [-0.25, -0.2) is 9.40 Å². The second-order valence-electron chi connectivity index (χ2n) is 8.07. The number of hydrazone groups is 1. The molecule has 0 unspecified atom stereocenters. The summed E-state index contributed by atoms with van der Waals surface area (Å²) in [6.45, 7) is 4.32. The van der Waals surface area contributed by atoms with Gasteiger partial charge in [-0.1, -0.05) is 12.1 Å². The topological polar surface area (TPSA) is 65.5 Å².